The molecule has 0 spiro atoms. The number of halogens is 3. The van der Waals surface area contributed by atoms with E-state index in [-0.39, 0.29) is 32.9 Å². The minimum absolute atomic E-state index is 0.0107. The van der Waals surface area contributed by atoms with E-state index in [1.807, 2.05) is 0 Å². The van der Waals surface area contributed by atoms with Crippen molar-refractivity contribution in [3.63, 3.8) is 0 Å². The van der Waals surface area contributed by atoms with Crippen molar-refractivity contribution in [2.45, 2.75) is 12.6 Å². The molecule has 2 aromatic heterocycles. The summed E-state index contributed by atoms with van der Waals surface area (Å²) in [4.78, 5) is 15.6. The van der Waals surface area contributed by atoms with Gasteiger partial charge in [-0.3, -0.25) is 4.79 Å². The number of pyridine rings is 1. The molecule has 0 atom stereocenters. The normalized spacial score (nSPS) is 11.6. The number of methoxy groups -OCH3 is 2. The van der Waals surface area contributed by atoms with Gasteiger partial charge >= 0.3 is 6.18 Å². The highest BCUT2D eigenvalue weighted by molar-refractivity contribution is 7.21. The first-order valence-corrected chi connectivity index (χ1v) is 8.77. The second-order valence-electron chi connectivity index (χ2n) is 5.91. The van der Waals surface area contributed by atoms with Gasteiger partial charge in [-0.2, -0.15) is 13.2 Å². The van der Waals surface area contributed by atoms with Gasteiger partial charge in [0.05, 0.1) is 25.5 Å². The number of ether oxygens (including phenoxy) is 2. The zero-order chi connectivity index (χ0) is 20.6. The average Bonchev–Trinajstić information content (AvgIpc) is 2.97. The summed E-state index contributed by atoms with van der Waals surface area (Å²) in [5.74, 6) is 0.0614. The number of rotatable bonds is 5. The molecule has 0 radical (unpaired) electrons. The third-order valence-electron chi connectivity index (χ3n) is 4.11. The Balaban J connectivity index is 2.13. The average molecular weight is 411 g/mol. The molecule has 148 valence electrons. The van der Waals surface area contributed by atoms with Gasteiger partial charge < -0.3 is 20.9 Å². The molecule has 1 aromatic carbocycles. The molecular weight excluding hydrogens is 395 g/mol. The van der Waals surface area contributed by atoms with E-state index in [0.29, 0.717) is 17.1 Å². The zero-order valence-electron chi connectivity index (χ0n) is 14.9. The number of nitrogens with zero attached hydrogens (tertiary/aromatic N) is 1. The molecule has 0 aliphatic carbocycles. The summed E-state index contributed by atoms with van der Waals surface area (Å²) in [7, 11) is 2.95. The molecule has 6 nitrogen and oxygen atoms in total. The number of primary amides is 1. The topological polar surface area (TPSA) is 100 Å². The molecule has 3 rings (SSSR count). The van der Waals surface area contributed by atoms with Gasteiger partial charge in [-0.25, -0.2) is 4.98 Å². The van der Waals surface area contributed by atoms with Crippen LogP contribution in [-0.4, -0.2) is 25.1 Å². The van der Waals surface area contributed by atoms with Gasteiger partial charge in [-0.1, -0.05) is 6.07 Å². The van der Waals surface area contributed by atoms with Crippen LogP contribution in [-0.2, 0) is 12.6 Å². The van der Waals surface area contributed by atoms with Crippen LogP contribution in [0, 0.1) is 0 Å². The molecule has 4 N–H and O–H groups in total. The van der Waals surface area contributed by atoms with E-state index in [0.717, 1.165) is 17.4 Å². The third kappa shape index (κ3) is 3.55. The van der Waals surface area contributed by atoms with Gasteiger partial charge in [0.1, 0.15) is 9.71 Å². The fourth-order valence-electron chi connectivity index (χ4n) is 2.87. The molecule has 0 saturated carbocycles. The number of benzene rings is 1. The first-order chi connectivity index (χ1) is 13.2. The lowest BCUT2D eigenvalue weighted by Crippen LogP contribution is -2.12. The highest BCUT2D eigenvalue weighted by Gasteiger charge is 2.36. The first kappa shape index (κ1) is 19.7. The van der Waals surface area contributed by atoms with Crippen molar-refractivity contribution in [1.29, 1.82) is 0 Å². The van der Waals surface area contributed by atoms with E-state index in [9.17, 15) is 18.0 Å². The van der Waals surface area contributed by atoms with Gasteiger partial charge in [0.25, 0.3) is 5.91 Å². The molecule has 0 fully saturated rings. The molecule has 0 aliphatic rings. The number of carbonyl (C=O) groups excluding carboxylic acids is 1. The van der Waals surface area contributed by atoms with Crippen LogP contribution in [0.15, 0.2) is 24.3 Å². The molecule has 0 aliphatic heterocycles. The summed E-state index contributed by atoms with van der Waals surface area (Å²) in [6.45, 7) is 0. The summed E-state index contributed by atoms with van der Waals surface area (Å²) in [6, 6.07) is 5.96. The van der Waals surface area contributed by atoms with Crippen LogP contribution in [0.25, 0.3) is 10.2 Å². The maximum absolute atomic E-state index is 13.6. The fraction of sp³-hybridized carbons (Fsp3) is 0.222. The zero-order valence-corrected chi connectivity index (χ0v) is 15.7. The number of aromatic nitrogens is 1. The van der Waals surface area contributed by atoms with Gasteiger partial charge in [0.2, 0.25) is 0 Å². The number of hydrogen-bond donors (Lipinski definition) is 2. The third-order valence-corrected chi connectivity index (χ3v) is 5.23. The van der Waals surface area contributed by atoms with Crippen molar-refractivity contribution in [3.05, 3.63) is 46.0 Å². The molecule has 1 amide bonds. The maximum atomic E-state index is 13.6. The van der Waals surface area contributed by atoms with Crippen LogP contribution in [0.2, 0.25) is 0 Å². The van der Waals surface area contributed by atoms with Crippen molar-refractivity contribution in [2.24, 2.45) is 5.73 Å². The van der Waals surface area contributed by atoms with Crippen LogP contribution in [0.3, 0.4) is 0 Å². The lowest BCUT2D eigenvalue weighted by molar-refractivity contribution is -0.136. The summed E-state index contributed by atoms with van der Waals surface area (Å²) < 4.78 is 51.2. The number of anilines is 1. The van der Waals surface area contributed by atoms with Crippen LogP contribution >= 0.6 is 11.3 Å². The number of amides is 1. The summed E-state index contributed by atoms with van der Waals surface area (Å²) in [5, 5.41) is -0.303. The maximum Gasteiger partial charge on any atom is 0.417 e. The Bertz CT molecular complexity index is 1060. The molecule has 10 heteroatoms. The van der Waals surface area contributed by atoms with E-state index in [2.05, 4.69) is 4.98 Å². The van der Waals surface area contributed by atoms with E-state index in [4.69, 9.17) is 20.9 Å². The lowest BCUT2D eigenvalue weighted by atomic mass is 10.0. The van der Waals surface area contributed by atoms with E-state index in [1.165, 1.54) is 14.2 Å². The van der Waals surface area contributed by atoms with Gasteiger partial charge in [0.15, 0.2) is 11.5 Å². The fourth-order valence-corrected chi connectivity index (χ4v) is 3.86. The molecule has 28 heavy (non-hydrogen) atoms. The second kappa shape index (κ2) is 7.19. The van der Waals surface area contributed by atoms with Gasteiger partial charge in [0, 0.05) is 17.5 Å². The number of hydrogen-bond acceptors (Lipinski definition) is 6. The number of nitrogens with two attached hydrogens (primary N) is 2. The van der Waals surface area contributed by atoms with Gasteiger partial charge in [-0.15, -0.1) is 11.3 Å². The monoisotopic (exact) mass is 411 g/mol. The SMILES string of the molecule is COc1ccc(Cc2cc(C(F)(F)F)c3c(N)c(C(N)=O)sc3n2)cc1OC. The Hall–Kier alpha value is -3.01. The van der Waals surface area contributed by atoms with E-state index < -0.39 is 17.6 Å². The Labute approximate surface area is 161 Å². The summed E-state index contributed by atoms with van der Waals surface area (Å²) in [5.41, 5.74) is 10.6. The summed E-state index contributed by atoms with van der Waals surface area (Å²) >= 11 is 0.745. The number of nitrogen functional groups attached to an aromatic ring is 1. The van der Waals surface area contributed by atoms with Crippen LogP contribution in [0.5, 0.6) is 11.5 Å². The van der Waals surface area contributed by atoms with E-state index >= 15 is 0 Å². The summed E-state index contributed by atoms with van der Waals surface area (Å²) in [6.07, 6.45) is -4.55. The first-order valence-electron chi connectivity index (χ1n) is 7.95. The van der Waals surface area contributed by atoms with E-state index in [1.54, 1.807) is 18.2 Å². The van der Waals surface area contributed by atoms with Crippen LogP contribution in [0.1, 0.15) is 26.5 Å². The Morgan fingerprint density at radius 3 is 2.43 bits per heavy atom. The predicted octanol–water partition coefficient (Wildman–Crippen LogP) is 3.60. The molecule has 0 saturated heterocycles. The largest absolute Gasteiger partial charge is 0.493 e. The molecular formula is C18H16F3N3O3S. The quantitative estimate of drug-likeness (QED) is 0.668. The number of alkyl halides is 3. The lowest BCUT2D eigenvalue weighted by Gasteiger charge is -2.12. The van der Waals surface area contributed by atoms with Crippen molar-refractivity contribution in [2.75, 3.05) is 20.0 Å². The number of fused-ring (bicyclic) bond motifs is 1. The molecule has 2 heterocycles. The Kier molecular flexibility index (Phi) is 5.07. The van der Waals surface area contributed by atoms with Crippen LogP contribution < -0.4 is 20.9 Å². The highest BCUT2D eigenvalue weighted by Crippen LogP contribution is 2.42. The smallest absolute Gasteiger partial charge is 0.417 e. The number of carbonyl (C=O) groups is 1. The Morgan fingerprint density at radius 2 is 1.86 bits per heavy atom. The van der Waals surface area contributed by atoms with Crippen molar-refractivity contribution < 1.29 is 27.4 Å². The molecule has 0 bridgehead atoms. The second-order valence-corrected chi connectivity index (χ2v) is 6.91. The Morgan fingerprint density at radius 1 is 1.18 bits per heavy atom. The number of thiophene rings is 1. The van der Waals surface area contributed by atoms with Gasteiger partial charge in [-0.05, 0) is 23.8 Å². The molecule has 3 aromatic rings. The van der Waals surface area contributed by atoms with Crippen molar-refractivity contribution in [3.8, 4) is 11.5 Å². The minimum Gasteiger partial charge on any atom is -0.493 e. The van der Waals surface area contributed by atoms with Crippen molar-refractivity contribution in [1.82, 2.24) is 4.98 Å². The highest BCUT2D eigenvalue weighted by atomic mass is 32.1. The van der Waals surface area contributed by atoms with Crippen LogP contribution in [0.4, 0.5) is 18.9 Å². The predicted molar refractivity (Wildman–Crippen MR) is 99.9 cm³/mol. The molecule has 0 unspecified atom stereocenters. The minimum atomic E-state index is -4.67. The van der Waals surface area contributed by atoms with Crippen molar-refractivity contribution >= 4 is 33.1 Å². The standard InChI is InChI=1S/C18H16F3N3O3S/c1-26-11-4-3-8(6-12(11)27-2)5-9-7-10(18(19,20)21)13-14(22)15(16(23)25)28-17(13)24-9/h3-4,6-7H,5,22H2,1-2H3,(H2,23,25).